The molecule has 14 nitrogen and oxygen atoms in total. The van der Waals surface area contributed by atoms with Gasteiger partial charge in [0, 0.05) is 74.5 Å². The molecule has 1 unspecified atom stereocenters. The largest absolute Gasteiger partial charge is 0.369 e. The van der Waals surface area contributed by atoms with Crippen LogP contribution in [0, 0.1) is 25.5 Å². The summed E-state index contributed by atoms with van der Waals surface area (Å²) < 4.78 is 31.8. The second-order valence-corrected chi connectivity index (χ2v) is 15.1. The molecule has 2 aromatic carbocycles. The number of piperazine rings is 1. The molecule has 5 aromatic rings. The van der Waals surface area contributed by atoms with Crippen molar-refractivity contribution < 1.29 is 28.0 Å². The monoisotopic (exact) mass is 804 g/mol. The Labute approximate surface area is 340 Å². The van der Waals surface area contributed by atoms with Gasteiger partial charge in [0.25, 0.3) is 11.8 Å². The van der Waals surface area contributed by atoms with Gasteiger partial charge in [0.2, 0.25) is 12.3 Å². The number of fused-ring (bicyclic) bond motifs is 2. The van der Waals surface area contributed by atoms with Crippen molar-refractivity contribution in [2.24, 2.45) is 5.73 Å². The second-order valence-electron chi connectivity index (χ2n) is 15.1. The van der Waals surface area contributed by atoms with Gasteiger partial charge >= 0.3 is 0 Å². The topological polar surface area (TPSA) is 180 Å². The van der Waals surface area contributed by atoms with E-state index in [1.807, 2.05) is 36.5 Å². The van der Waals surface area contributed by atoms with Crippen LogP contribution < -0.4 is 26.6 Å². The Hall–Kier alpha value is -6.55. The van der Waals surface area contributed by atoms with Gasteiger partial charge in [-0.15, -0.1) is 0 Å². The van der Waals surface area contributed by atoms with Crippen LogP contribution in [0.1, 0.15) is 74.3 Å². The van der Waals surface area contributed by atoms with Crippen LogP contribution >= 0.6 is 0 Å². The van der Waals surface area contributed by atoms with E-state index in [9.17, 15) is 19.2 Å². The van der Waals surface area contributed by atoms with E-state index in [4.69, 9.17) is 10.8 Å². The number of amides is 4. The molecule has 5 N–H and O–H groups in total. The molecule has 59 heavy (non-hydrogen) atoms. The van der Waals surface area contributed by atoms with Gasteiger partial charge in [-0.05, 0) is 104 Å². The zero-order valence-electron chi connectivity index (χ0n) is 33.1. The fraction of sp³-hybridized carbons (Fsp3) is 0.326. The number of nitrogens with one attached hydrogen (secondary N) is 3. The molecule has 5 heterocycles. The molecule has 16 heteroatoms. The van der Waals surface area contributed by atoms with Gasteiger partial charge in [-0.25, -0.2) is 18.4 Å². The molecule has 0 bridgehead atoms. The number of hydrogen-bond donors (Lipinski definition) is 4. The first kappa shape index (κ1) is 40.6. The van der Waals surface area contributed by atoms with E-state index in [0.717, 1.165) is 48.8 Å². The van der Waals surface area contributed by atoms with E-state index >= 15 is 8.78 Å². The van der Waals surface area contributed by atoms with Crippen LogP contribution in [0.15, 0.2) is 60.8 Å². The predicted molar refractivity (Wildman–Crippen MR) is 220 cm³/mol. The fourth-order valence-corrected chi connectivity index (χ4v) is 7.74. The molecule has 1 atom stereocenters. The van der Waals surface area contributed by atoms with Crippen molar-refractivity contribution in [3.8, 4) is 11.4 Å². The number of aromatic nitrogens is 4. The first-order chi connectivity index (χ1) is 28.4. The summed E-state index contributed by atoms with van der Waals surface area (Å²) >= 11 is 0. The Bertz CT molecular complexity index is 2400. The van der Waals surface area contributed by atoms with Gasteiger partial charge in [-0.3, -0.25) is 34.4 Å². The van der Waals surface area contributed by atoms with E-state index < -0.39 is 29.4 Å². The van der Waals surface area contributed by atoms with Crippen molar-refractivity contribution >= 4 is 47.1 Å². The smallest absolute Gasteiger partial charge is 0.258 e. The van der Waals surface area contributed by atoms with Crippen molar-refractivity contribution in [1.29, 1.82) is 0 Å². The lowest BCUT2D eigenvalue weighted by molar-refractivity contribution is -0.125. The summed E-state index contributed by atoms with van der Waals surface area (Å²) in [5, 5.41) is 13.0. The number of carbonyl (C=O) groups is 4. The second kappa shape index (κ2) is 17.5. The number of primary amides is 1. The van der Waals surface area contributed by atoms with Crippen LogP contribution in [0.3, 0.4) is 0 Å². The summed E-state index contributed by atoms with van der Waals surface area (Å²) in [6.07, 6.45) is 3.10. The Morgan fingerprint density at radius 1 is 1.00 bits per heavy atom. The van der Waals surface area contributed by atoms with Gasteiger partial charge in [0.05, 0.1) is 11.3 Å². The predicted octanol–water partition coefficient (Wildman–Crippen LogP) is 5.41. The normalized spacial score (nSPS) is 14.4. The highest BCUT2D eigenvalue weighted by Crippen LogP contribution is 2.36. The standard InChI is InChI=1S/C43H46F2N10O4/c1-25(7-10-37(57)48-24-56)38-32(44)20-28(21-33(38)45)11-13-53-15-17-54(18-16-53)30-8-9-34-29(22-30)12-14-55-42(50-34)39(41(46)58)40(52-55)35-19-26(2)31(23-47-35)43(59)51-36-6-4-5-27(3)49-36/h4-6,8-9,19-25,50H,7,10-18H2,1-3H3,(H2,46,58)(H,48,56,57)(H,49,51,59). The molecule has 0 saturated carbocycles. The maximum atomic E-state index is 15.0. The number of imide groups is 1. The summed E-state index contributed by atoms with van der Waals surface area (Å²) in [4.78, 5) is 61.5. The van der Waals surface area contributed by atoms with Crippen molar-refractivity contribution in [2.45, 2.75) is 58.9 Å². The average molecular weight is 805 g/mol. The molecule has 2 aliphatic heterocycles. The molecule has 0 radical (unpaired) electrons. The minimum absolute atomic E-state index is 0.00661. The summed E-state index contributed by atoms with van der Waals surface area (Å²) in [5.41, 5.74) is 12.2. The third-order valence-corrected chi connectivity index (χ3v) is 11.0. The Morgan fingerprint density at radius 2 is 1.76 bits per heavy atom. The lowest BCUT2D eigenvalue weighted by Crippen LogP contribution is -2.47. The third kappa shape index (κ3) is 9.12. The highest BCUT2D eigenvalue weighted by Gasteiger charge is 2.28. The minimum Gasteiger partial charge on any atom is -0.369 e. The summed E-state index contributed by atoms with van der Waals surface area (Å²) in [6, 6.07) is 16.0. The molecule has 7 rings (SSSR count). The SMILES string of the molecule is Cc1cccc(NC(=O)c2cnc(-c3nn4c(c3C(N)=O)Nc3ccc(N5CCN(CCc6cc(F)c(C(C)CCC(=O)NC=O)c(F)c6)CC5)cc3CC4)cc2C)n1. The number of halogens is 2. The van der Waals surface area contributed by atoms with Crippen LogP contribution in [0.4, 0.5) is 31.8 Å². The van der Waals surface area contributed by atoms with Gasteiger partial charge in [-0.2, -0.15) is 5.10 Å². The Balaban J connectivity index is 0.971. The molecule has 1 fully saturated rings. The number of rotatable bonds is 13. The highest BCUT2D eigenvalue weighted by molar-refractivity contribution is 6.06. The van der Waals surface area contributed by atoms with Crippen molar-refractivity contribution in [3.05, 3.63) is 112 Å². The summed E-state index contributed by atoms with van der Waals surface area (Å²) in [5.74, 6) is -2.36. The average Bonchev–Trinajstić information content (AvgIpc) is 3.47. The molecule has 0 spiro atoms. The Kier molecular flexibility index (Phi) is 12.1. The van der Waals surface area contributed by atoms with E-state index in [2.05, 4.69) is 36.5 Å². The van der Waals surface area contributed by atoms with Crippen LogP contribution in [0.5, 0.6) is 0 Å². The molecular formula is C43H46F2N10O4. The van der Waals surface area contributed by atoms with Gasteiger partial charge in [0.15, 0.2) is 0 Å². The van der Waals surface area contributed by atoms with Crippen LogP contribution in [-0.4, -0.2) is 81.5 Å². The zero-order chi connectivity index (χ0) is 41.8. The molecular weight excluding hydrogens is 759 g/mol. The maximum Gasteiger partial charge on any atom is 0.258 e. The van der Waals surface area contributed by atoms with E-state index in [0.29, 0.717) is 72.1 Å². The van der Waals surface area contributed by atoms with Crippen molar-refractivity contribution in [3.63, 3.8) is 0 Å². The van der Waals surface area contributed by atoms with E-state index in [-0.39, 0.29) is 29.9 Å². The van der Waals surface area contributed by atoms with Gasteiger partial charge in [0.1, 0.15) is 34.5 Å². The lowest BCUT2D eigenvalue weighted by atomic mass is 9.93. The van der Waals surface area contributed by atoms with Crippen LogP contribution in [0.25, 0.3) is 11.4 Å². The summed E-state index contributed by atoms with van der Waals surface area (Å²) in [7, 11) is 0. The lowest BCUT2D eigenvalue weighted by Gasteiger charge is -2.36. The maximum absolute atomic E-state index is 15.0. The number of pyridine rings is 2. The number of nitrogens with two attached hydrogens (primary N) is 1. The molecule has 0 aliphatic carbocycles. The first-order valence-electron chi connectivity index (χ1n) is 19.6. The van der Waals surface area contributed by atoms with E-state index in [1.165, 1.54) is 18.3 Å². The minimum atomic E-state index is -0.657. The van der Waals surface area contributed by atoms with Crippen LogP contribution in [0.2, 0.25) is 0 Å². The molecule has 3 aromatic heterocycles. The number of benzene rings is 2. The number of hydrogen-bond acceptors (Lipinski definition) is 10. The molecule has 1 saturated heterocycles. The van der Waals surface area contributed by atoms with Crippen molar-refractivity contribution in [1.82, 2.24) is 30.0 Å². The van der Waals surface area contributed by atoms with Gasteiger partial charge in [-0.1, -0.05) is 13.0 Å². The van der Waals surface area contributed by atoms with E-state index in [1.54, 1.807) is 30.7 Å². The molecule has 2 aliphatic rings. The van der Waals surface area contributed by atoms with Crippen LogP contribution in [-0.2, 0) is 29.0 Å². The highest BCUT2D eigenvalue weighted by atomic mass is 19.1. The third-order valence-electron chi connectivity index (χ3n) is 11.0. The van der Waals surface area contributed by atoms with Gasteiger partial charge < -0.3 is 21.3 Å². The number of nitrogens with zero attached hydrogens (tertiary/aromatic N) is 6. The van der Waals surface area contributed by atoms with Crippen molar-refractivity contribution in [2.75, 3.05) is 48.3 Å². The molecule has 4 amide bonds. The Morgan fingerprint density at radius 3 is 2.46 bits per heavy atom. The molecule has 306 valence electrons. The number of carbonyl (C=O) groups excluding carboxylic acids is 4. The quantitative estimate of drug-likeness (QED) is 0.113. The zero-order valence-corrected chi connectivity index (χ0v) is 33.1. The fourth-order valence-electron chi connectivity index (χ4n) is 7.74. The number of anilines is 4. The summed E-state index contributed by atoms with van der Waals surface area (Å²) in [6.45, 7) is 9.53. The first-order valence-corrected chi connectivity index (χ1v) is 19.6. The number of aryl methyl sites for hydroxylation is 4.